The average molecular weight is 749 g/mol. The van der Waals surface area contributed by atoms with E-state index in [-0.39, 0.29) is 0 Å². The Hall–Kier alpha value is -4.37. The van der Waals surface area contributed by atoms with Gasteiger partial charge in [0, 0.05) is 63.9 Å². The number of benzene rings is 2. The molecule has 0 radical (unpaired) electrons. The lowest BCUT2D eigenvalue weighted by Crippen LogP contribution is -2.07. The first-order chi connectivity index (χ1) is 26.1. The molecule has 54 heavy (non-hydrogen) atoms. The maximum absolute atomic E-state index is 6.17. The first kappa shape index (κ1) is 42.4. The topological polar surface area (TPSA) is 128 Å². The molecule has 0 spiro atoms. The molecule has 6 N–H and O–H groups in total. The summed E-state index contributed by atoms with van der Waals surface area (Å²) in [5, 5.41) is 11.4. The summed E-state index contributed by atoms with van der Waals surface area (Å²) >= 11 is 6.17. The summed E-state index contributed by atoms with van der Waals surface area (Å²) in [5.74, 6) is 1.21. The number of pyridine rings is 4. The van der Waals surface area contributed by atoms with E-state index in [1.165, 1.54) is 23.9 Å². The van der Waals surface area contributed by atoms with Crippen LogP contribution in [-0.2, 0) is 0 Å². The van der Waals surface area contributed by atoms with Gasteiger partial charge in [0.25, 0.3) is 0 Å². The van der Waals surface area contributed by atoms with Crippen molar-refractivity contribution in [3.05, 3.63) is 107 Å². The van der Waals surface area contributed by atoms with Crippen LogP contribution in [0.1, 0.15) is 115 Å². The largest absolute Gasteiger partial charge is 0.384 e. The van der Waals surface area contributed by atoms with Crippen LogP contribution in [0, 0.1) is 0 Å². The van der Waals surface area contributed by atoms with Crippen molar-refractivity contribution in [3.63, 3.8) is 0 Å². The van der Waals surface area contributed by atoms with Crippen LogP contribution in [0.25, 0.3) is 32.8 Å². The number of para-hydroxylation sites is 2. The number of rotatable bonds is 15. The molecule has 9 heteroatoms. The zero-order chi connectivity index (χ0) is 38.9. The second-order valence-electron chi connectivity index (χ2n) is 14.6. The highest BCUT2D eigenvalue weighted by atomic mass is 35.5. The van der Waals surface area contributed by atoms with Gasteiger partial charge in [-0.25, -0.2) is 9.97 Å². The highest BCUT2D eigenvalue weighted by Crippen LogP contribution is 2.28. The number of nitrogens with one attached hydrogen (secondary N) is 2. The smallest absolute Gasteiger partial charge is 0.161 e. The Balaban J connectivity index is 0.000000253. The van der Waals surface area contributed by atoms with Gasteiger partial charge in [0.2, 0.25) is 0 Å². The fourth-order valence-corrected chi connectivity index (χ4v) is 6.21. The van der Waals surface area contributed by atoms with Gasteiger partial charge in [-0.1, -0.05) is 96.0 Å². The van der Waals surface area contributed by atoms with E-state index in [2.05, 4.69) is 105 Å². The third kappa shape index (κ3) is 12.6. The molecule has 0 fully saturated rings. The summed E-state index contributed by atoms with van der Waals surface area (Å²) in [5.41, 5.74) is 18.9. The lowest BCUT2D eigenvalue weighted by atomic mass is 10.1. The summed E-state index contributed by atoms with van der Waals surface area (Å²) < 4.78 is 0. The highest BCUT2D eigenvalue weighted by Gasteiger charge is 2.10. The summed E-state index contributed by atoms with van der Waals surface area (Å²) in [6.07, 6.45) is 8.66. The van der Waals surface area contributed by atoms with Crippen LogP contribution in [0.5, 0.6) is 0 Å². The van der Waals surface area contributed by atoms with E-state index in [0.29, 0.717) is 17.8 Å². The van der Waals surface area contributed by atoms with Crippen molar-refractivity contribution in [3.8, 4) is 0 Å². The van der Waals surface area contributed by atoms with E-state index < -0.39 is 0 Å². The molecule has 0 amide bonds. The Morgan fingerprint density at radius 2 is 1.00 bits per heavy atom. The summed E-state index contributed by atoms with van der Waals surface area (Å²) in [4.78, 5) is 18.5. The minimum atomic E-state index is 0.378. The zero-order valence-electron chi connectivity index (χ0n) is 33.2. The lowest BCUT2D eigenvalue weighted by molar-refractivity contribution is 0.695. The predicted octanol–water partition coefficient (Wildman–Crippen LogP) is 11.2. The SMILES string of the molecule is CC(C)c1cc(Cl)c2ccccc2n1.CC(C)c1cc(NCCCCCNc2cc(C(C)C)nc3ncccc23)c2ccccc2n1.NCCCCCN. The normalized spacial score (nSPS) is 11.2. The van der Waals surface area contributed by atoms with Crippen molar-refractivity contribution in [2.24, 2.45) is 11.5 Å². The van der Waals surface area contributed by atoms with Crippen LogP contribution in [0.4, 0.5) is 11.4 Å². The van der Waals surface area contributed by atoms with Gasteiger partial charge < -0.3 is 22.1 Å². The number of hydrogen-bond acceptors (Lipinski definition) is 8. The van der Waals surface area contributed by atoms with Crippen molar-refractivity contribution in [2.45, 2.75) is 97.8 Å². The van der Waals surface area contributed by atoms with Crippen molar-refractivity contribution < 1.29 is 0 Å². The van der Waals surface area contributed by atoms with Gasteiger partial charge in [0.15, 0.2) is 5.65 Å². The number of unbranched alkanes of at least 4 members (excludes halogenated alkanes) is 4. The van der Waals surface area contributed by atoms with E-state index in [0.717, 1.165) is 107 Å². The summed E-state index contributed by atoms with van der Waals surface area (Å²) in [7, 11) is 0. The molecular formula is C45H61ClN8. The summed E-state index contributed by atoms with van der Waals surface area (Å²) in [6, 6.07) is 26.7. The van der Waals surface area contributed by atoms with Gasteiger partial charge in [-0.05, 0) is 105 Å². The van der Waals surface area contributed by atoms with Gasteiger partial charge in [0.1, 0.15) is 0 Å². The Morgan fingerprint density at radius 3 is 1.57 bits per heavy atom. The molecule has 0 saturated carbocycles. The van der Waals surface area contributed by atoms with Crippen LogP contribution in [-0.4, -0.2) is 46.1 Å². The minimum absolute atomic E-state index is 0.378. The number of nitrogens with zero attached hydrogens (tertiary/aromatic N) is 4. The van der Waals surface area contributed by atoms with Gasteiger partial charge >= 0.3 is 0 Å². The van der Waals surface area contributed by atoms with E-state index >= 15 is 0 Å². The quantitative estimate of drug-likeness (QED) is 0.0764. The highest BCUT2D eigenvalue weighted by molar-refractivity contribution is 6.35. The molecule has 0 bridgehead atoms. The van der Waals surface area contributed by atoms with Gasteiger partial charge in [0.05, 0.1) is 16.1 Å². The van der Waals surface area contributed by atoms with Crippen molar-refractivity contribution in [1.29, 1.82) is 0 Å². The molecular weight excluding hydrogens is 688 g/mol. The fourth-order valence-electron chi connectivity index (χ4n) is 5.94. The van der Waals surface area contributed by atoms with Crippen LogP contribution in [0.2, 0.25) is 5.02 Å². The molecule has 288 valence electrons. The number of fused-ring (bicyclic) bond motifs is 3. The standard InChI is InChI=1S/C28H35N5.C12H12ClN.C5H14N2/c1-19(2)24-17-26(21-11-6-7-13-23(21)32-24)29-14-8-5-9-15-30-27-18-25(20(3)4)33-28-22(27)12-10-16-31-28;1-8(2)12-7-10(13)9-5-3-4-6-11(9)14-12;6-4-2-1-3-5-7/h6-7,10-13,16-20H,5,8-9,14-15H2,1-4H3,(H,29,32)(H,30,31,33);3-8H,1-2H3;1-7H2. The van der Waals surface area contributed by atoms with Crippen molar-refractivity contribution in [1.82, 2.24) is 19.9 Å². The molecule has 4 heterocycles. The predicted molar refractivity (Wildman–Crippen MR) is 233 cm³/mol. The van der Waals surface area contributed by atoms with E-state index in [9.17, 15) is 0 Å². The van der Waals surface area contributed by atoms with Crippen LogP contribution < -0.4 is 22.1 Å². The number of anilines is 2. The number of aromatic nitrogens is 4. The maximum atomic E-state index is 6.17. The molecule has 0 aliphatic carbocycles. The van der Waals surface area contributed by atoms with Gasteiger partial charge in [-0.15, -0.1) is 0 Å². The molecule has 0 unspecified atom stereocenters. The van der Waals surface area contributed by atoms with Crippen LogP contribution >= 0.6 is 11.6 Å². The number of halogens is 1. The minimum Gasteiger partial charge on any atom is -0.384 e. The first-order valence-electron chi connectivity index (χ1n) is 19.7. The second kappa shape index (κ2) is 22.1. The Labute approximate surface area is 327 Å². The van der Waals surface area contributed by atoms with E-state index in [4.69, 9.17) is 33.0 Å². The Morgan fingerprint density at radius 1 is 0.537 bits per heavy atom. The fraction of sp³-hybridized carbons (Fsp3) is 0.422. The van der Waals surface area contributed by atoms with Crippen LogP contribution in [0.3, 0.4) is 0 Å². The van der Waals surface area contributed by atoms with Gasteiger partial charge in [-0.3, -0.25) is 9.97 Å². The van der Waals surface area contributed by atoms with E-state index in [1.54, 1.807) is 0 Å². The molecule has 0 aliphatic rings. The Bertz CT molecular complexity index is 1930. The molecule has 8 nitrogen and oxygen atoms in total. The van der Waals surface area contributed by atoms with Crippen molar-refractivity contribution >= 4 is 55.8 Å². The molecule has 2 aromatic carbocycles. The molecule has 0 saturated heterocycles. The first-order valence-corrected chi connectivity index (χ1v) is 20.1. The Kier molecular flexibility index (Phi) is 17.4. The molecule has 6 rings (SSSR count). The van der Waals surface area contributed by atoms with E-state index in [1.807, 2.05) is 42.6 Å². The third-order valence-corrected chi connectivity index (χ3v) is 9.51. The third-order valence-electron chi connectivity index (χ3n) is 9.19. The lowest BCUT2D eigenvalue weighted by Gasteiger charge is -2.14. The van der Waals surface area contributed by atoms with Crippen molar-refractivity contribution in [2.75, 3.05) is 36.8 Å². The summed E-state index contributed by atoms with van der Waals surface area (Å²) in [6.45, 7) is 16.5. The van der Waals surface area contributed by atoms with Crippen LogP contribution in [0.15, 0.2) is 85.1 Å². The average Bonchev–Trinajstić information content (AvgIpc) is 3.17. The number of nitrogens with two attached hydrogens (primary N) is 2. The number of hydrogen-bond donors (Lipinski definition) is 4. The molecule has 6 aromatic rings. The van der Waals surface area contributed by atoms with Gasteiger partial charge in [-0.2, -0.15) is 0 Å². The molecule has 0 aliphatic heterocycles. The zero-order valence-corrected chi connectivity index (χ0v) is 34.0. The monoisotopic (exact) mass is 748 g/mol. The second-order valence-corrected chi connectivity index (χ2v) is 15.1. The maximum Gasteiger partial charge on any atom is 0.161 e. The molecule has 0 atom stereocenters. The molecule has 4 aromatic heterocycles.